The first-order valence-corrected chi connectivity index (χ1v) is 21.2. The first-order valence-electron chi connectivity index (χ1n) is 21.2. The van der Waals surface area contributed by atoms with Gasteiger partial charge in [-0.25, -0.2) is 0 Å². The number of nitrogens with two attached hydrogens (primary N) is 3. The summed E-state index contributed by atoms with van der Waals surface area (Å²) in [6.07, 6.45) is -5.00. The van der Waals surface area contributed by atoms with Crippen molar-refractivity contribution in [3.8, 4) is 0 Å². The van der Waals surface area contributed by atoms with E-state index in [0.717, 1.165) is 0 Å². The zero-order valence-corrected chi connectivity index (χ0v) is 36.7. The fourth-order valence-electron chi connectivity index (χ4n) is 6.57. The van der Waals surface area contributed by atoms with Gasteiger partial charge in [0.15, 0.2) is 0 Å². The van der Waals surface area contributed by atoms with E-state index in [9.17, 15) is 48.9 Å². The summed E-state index contributed by atoms with van der Waals surface area (Å²) in [5.41, 5.74) is 17.2. The number of benzene rings is 1. The molecule has 350 valence electrons. The second-order valence-corrected chi connectivity index (χ2v) is 17.1. The van der Waals surface area contributed by atoms with Crippen LogP contribution in [0.15, 0.2) is 30.3 Å². The third-order valence-electron chi connectivity index (χ3n) is 10.2. The fourth-order valence-corrected chi connectivity index (χ4v) is 6.57. The van der Waals surface area contributed by atoms with Gasteiger partial charge in [-0.2, -0.15) is 0 Å². The standard InChI is InChI=1S/C41H71N11O10/c1-22(2)20-29-37(59)48-25(12-16-42)33(55)47-27(14-18-44)36(58)52-31(23(3)53)39(61)45-19-15-28(49-40(62)32(54)41(4,5)6)35(57)46-26(13-17-43)34(56)51-30(38(60)50-29)21-24-10-8-7-9-11-24/h7-11,22-23,25-32,39,45,53-54,61H,12-21,42-44H2,1-6H3,(H,46,57)(H,47,55)(H,48,59)(H,49,62)(H,50,60)(H,51,56)(H,52,58)/t23-,25+,26+,27+,28?,29+,30-,31+,32-,39?/m1/s1. The van der Waals surface area contributed by atoms with Crippen LogP contribution in [-0.2, 0) is 40.0 Å². The van der Waals surface area contributed by atoms with Crippen molar-refractivity contribution in [1.82, 2.24) is 42.5 Å². The molecule has 10 atom stereocenters. The van der Waals surface area contributed by atoms with Crippen LogP contribution < -0.4 is 59.7 Å². The summed E-state index contributed by atoms with van der Waals surface area (Å²) in [6, 6.07) is -0.491. The van der Waals surface area contributed by atoms with Crippen molar-refractivity contribution in [3.05, 3.63) is 35.9 Å². The highest BCUT2D eigenvalue weighted by Crippen LogP contribution is 2.19. The van der Waals surface area contributed by atoms with Crippen molar-refractivity contribution in [1.29, 1.82) is 0 Å². The minimum atomic E-state index is -1.65. The highest BCUT2D eigenvalue weighted by atomic mass is 16.3. The Kier molecular flexibility index (Phi) is 22.4. The van der Waals surface area contributed by atoms with E-state index in [2.05, 4.69) is 42.5 Å². The van der Waals surface area contributed by atoms with Crippen LogP contribution in [0.25, 0.3) is 0 Å². The molecule has 7 amide bonds. The lowest BCUT2D eigenvalue weighted by Crippen LogP contribution is -2.61. The summed E-state index contributed by atoms with van der Waals surface area (Å²) in [7, 11) is 0. The van der Waals surface area contributed by atoms with Crippen LogP contribution in [0.1, 0.15) is 79.2 Å². The molecule has 1 aromatic carbocycles. The number of carbonyl (C=O) groups excluding carboxylic acids is 7. The molecule has 1 heterocycles. The number of hydrogen-bond acceptors (Lipinski definition) is 14. The summed E-state index contributed by atoms with van der Waals surface area (Å²) in [4.78, 5) is 96.6. The average Bonchev–Trinajstić information content (AvgIpc) is 3.20. The molecule has 0 bridgehead atoms. The predicted octanol–water partition coefficient (Wildman–Crippen LogP) is -4.19. The second-order valence-electron chi connectivity index (χ2n) is 17.1. The Morgan fingerprint density at radius 1 is 0.694 bits per heavy atom. The zero-order chi connectivity index (χ0) is 46.7. The van der Waals surface area contributed by atoms with Crippen LogP contribution in [0.2, 0.25) is 0 Å². The quantitative estimate of drug-likeness (QED) is 0.0895. The minimum absolute atomic E-state index is 0.0364. The molecule has 62 heavy (non-hydrogen) atoms. The lowest BCUT2D eigenvalue weighted by atomic mass is 9.88. The molecule has 1 saturated heterocycles. The Balaban J connectivity index is 2.71. The van der Waals surface area contributed by atoms with Gasteiger partial charge in [0.25, 0.3) is 0 Å². The van der Waals surface area contributed by atoms with Gasteiger partial charge < -0.3 is 69.7 Å². The second kappa shape index (κ2) is 26.0. The Morgan fingerprint density at radius 2 is 1.13 bits per heavy atom. The number of hydrogen-bond donors (Lipinski definition) is 14. The van der Waals surface area contributed by atoms with Crippen LogP contribution >= 0.6 is 0 Å². The number of carbonyl (C=O) groups is 7. The molecule has 21 heteroatoms. The molecule has 2 unspecified atom stereocenters. The third kappa shape index (κ3) is 17.5. The van der Waals surface area contributed by atoms with Crippen LogP contribution in [0, 0.1) is 11.3 Å². The van der Waals surface area contributed by atoms with Gasteiger partial charge in [-0.1, -0.05) is 65.0 Å². The van der Waals surface area contributed by atoms with Crippen LogP contribution in [0.4, 0.5) is 0 Å². The number of rotatable bonds is 13. The highest BCUT2D eigenvalue weighted by Gasteiger charge is 2.37. The molecule has 1 aliphatic heterocycles. The Bertz CT molecular complexity index is 1630. The van der Waals surface area contributed by atoms with Gasteiger partial charge in [0.2, 0.25) is 41.4 Å². The number of aliphatic hydroxyl groups is 3. The van der Waals surface area contributed by atoms with E-state index in [4.69, 9.17) is 17.2 Å². The maximum absolute atomic E-state index is 14.2. The summed E-state index contributed by atoms with van der Waals surface area (Å²) >= 11 is 0. The van der Waals surface area contributed by atoms with E-state index in [1.807, 2.05) is 13.8 Å². The van der Waals surface area contributed by atoms with Gasteiger partial charge >= 0.3 is 0 Å². The summed E-state index contributed by atoms with van der Waals surface area (Å²) in [5.74, 6) is -5.84. The Morgan fingerprint density at radius 3 is 1.60 bits per heavy atom. The molecule has 1 aromatic rings. The molecular formula is C41H71N11O10. The van der Waals surface area contributed by atoms with E-state index in [1.54, 1.807) is 51.1 Å². The van der Waals surface area contributed by atoms with Gasteiger partial charge in [0.1, 0.15) is 48.6 Å². The number of amides is 7. The summed E-state index contributed by atoms with van der Waals surface area (Å²) < 4.78 is 0. The highest BCUT2D eigenvalue weighted by molar-refractivity contribution is 5.97. The normalized spacial score (nSPS) is 26.8. The molecule has 0 spiro atoms. The molecule has 17 N–H and O–H groups in total. The van der Waals surface area contributed by atoms with Crippen molar-refractivity contribution >= 4 is 41.4 Å². The lowest BCUT2D eigenvalue weighted by Gasteiger charge is -2.31. The minimum Gasteiger partial charge on any atom is -0.391 e. The molecule has 0 aromatic heterocycles. The van der Waals surface area contributed by atoms with Gasteiger partial charge in [-0.3, -0.25) is 38.9 Å². The largest absolute Gasteiger partial charge is 0.391 e. The molecular weight excluding hydrogens is 807 g/mol. The Hall–Kier alpha value is -4.77. The van der Waals surface area contributed by atoms with Crippen LogP contribution in [-0.4, -0.2) is 144 Å². The van der Waals surface area contributed by atoms with Crippen molar-refractivity contribution in [2.45, 2.75) is 141 Å². The molecule has 0 saturated carbocycles. The first kappa shape index (κ1) is 53.4. The molecule has 0 aliphatic carbocycles. The zero-order valence-electron chi connectivity index (χ0n) is 36.7. The number of nitrogens with one attached hydrogen (secondary N) is 8. The monoisotopic (exact) mass is 878 g/mol. The van der Waals surface area contributed by atoms with Gasteiger partial charge in [0.05, 0.1) is 12.1 Å². The van der Waals surface area contributed by atoms with Crippen molar-refractivity contribution in [3.63, 3.8) is 0 Å². The van der Waals surface area contributed by atoms with E-state index in [0.29, 0.717) is 5.56 Å². The lowest BCUT2D eigenvalue weighted by molar-refractivity contribution is -0.139. The van der Waals surface area contributed by atoms with Crippen LogP contribution in [0.3, 0.4) is 0 Å². The van der Waals surface area contributed by atoms with Gasteiger partial charge in [-0.15, -0.1) is 0 Å². The SMILES string of the molecule is CC(C)C[C@@H]1NC(=O)[C@@H](Cc2ccccc2)NC(=O)[C@H](CCN)NC(=O)C(NC(=O)[C@@H](O)C(C)(C)C)CCNC(O)[C@H]([C@@H](C)O)NC(=O)[C@H](CCN)NC(=O)[C@H](CCN)NC1=O. The Labute approximate surface area is 363 Å². The van der Waals surface area contributed by atoms with E-state index >= 15 is 0 Å². The smallest absolute Gasteiger partial charge is 0.250 e. The van der Waals surface area contributed by atoms with Crippen molar-refractivity contribution < 1.29 is 48.9 Å². The molecule has 21 nitrogen and oxygen atoms in total. The summed E-state index contributed by atoms with van der Waals surface area (Å²) in [5, 5.41) is 53.4. The van der Waals surface area contributed by atoms with Gasteiger partial charge in [-0.05, 0) is 75.6 Å². The molecule has 1 aliphatic rings. The van der Waals surface area contributed by atoms with Crippen molar-refractivity contribution in [2.75, 3.05) is 26.2 Å². The average molecular weight is 878 g/mol. The summed E-state index contributed by atoms with van der Waals surface area (Å²) in [6.45, 7) is 9.34. The predicted molar refractivity (Wildman–Crippen MR) is 230 cm³/mol. The fraction of sp³-hybridized carbons (Fsp3) is 0.683. The molecule has 1 fully saturated rings. The topological polar surface area (TPSA) is 354 Å². The number of aliphatic hydroxyl groups excluding tert-OH is 3. The van der Waals surface area contributed by atoms with E-state index < -0.39 is 107 Å². The van der Waals surface area contributed by atoms with Crippen molar-refractivity contribution in [2.24, 2.45) is 28.5 Å². The van der Waals surface area contributed by atoms with E-state index in [1.165, 1.54) is 6.92 Å². The maximum Gasteiger partial charge on any atom is 0.250 e. The first-order chi connectivity index (χ1) is 29.1. The van der Waals surface area contributed by atoms with E-state index in [-0.39, 0.29) is 70.6 Å². The third-order valence-corrected chi connectivity index (χ3v) is 10.2. The van der Waals surface area contributed by atoms with Crippen LogP contribution in [0.5, 0.6) is 0 Å². The van der Waals surface area contributed by atoms with Gasteiger partial charge in [0, 0.05) is 13.0 Å². The maximum atomic E-state index is 14.2. The molecule has 0 radical (unpaired) electrons. The molecule has 2 rings (SSSR count).